The maximum Gasteiger partial charge on any atom is 0.435 e. The number of benzene rings is 2. The van der Waals surface area contributed by atoms with Gasteiger partial charge in [0, 0.05) is 0 Å². The summed E-state index contributed by atoms with van der Waals surface area (Å²) in [4.78, 5) is -0.256. The minimum absolute atomic E-state index is 0.0258. The number of rotatable bonds is 3. The molecule has 0 aliphatic carbocycles. The van der Waals surface area contributed by atoms with E-state index in [1.807, 2.05) is 0 Å². The minimum atomic E-state index is -4.88. The van der Waals surface area contributed by atoms with Gasteiger partial charge in [-0.2, -0.15) is 22.7 Å². The lowest BCUT2D eigenvalue weighted by atomic mass is 10.0. The molecule has 2 aromatic carbocycles. The third-order valence-electron chi connectivity index (χ3n) is 3.85. The van der Waals surface area contributed by atoms with Crippen molar-refractivity contribution in [3.8, 4) is 16.8 Å². The SMILES string of the molecule is Cc1ccc(-c2c(C(F)(F)F)nn(-c3ccc(S(N)(=O)=O)cc3)c2F)cc1. The molecule has 0 saturated carbocycles. The summed E-state index contributed by atoms with van der Waals surface area (Å²) in [5.74, 6) is -1.21. The van der Waals surface area contributed by atoms with E-state index in [2.05, 4.69) is 5.10 Å². The topological polar surface area (TPSA) is 78.0 Å². The van der Waals surface area contributed by atoms with Crippen molar-refractivity contribution in [2.45, 2.75) is 18.0 Å². The van der Waals surface area contributed by atoms with Crippen molar-refractivity contribution in [1.82, 2.24) is 9.78 Å². The number of hydrogen-bond acceptors (Lipinski definition) is 3. The fourth-order valence-corrected chi connectivity index (χ4v) is 3.04. The Morgan fingerprint density at radius 1 is 1.00 bits per heavy atom. The van der Waals surface area contributed by atoms with Crippen LogP contribution in [0.1, 0.15) is 11.3 Å². The van der Waals surface area contributed by atoms with Crippen molar-refractivity contribution < 1.29 is 26.0 Å². The highest BCUT2D eigenvalue weighted by Crippen LogP contribution is 2.38. The van der Waals surface area contributed by atoms with Gasteiger partial charge in [-0.3, -0.25) is 0 Å². The van der Waals surface area contributed by atoms with Crippen LogP contribution in [0.5, 0.6) is 0 Å². The fraction of sp³-hybridized carbons (Fsp3) is 0.118. The summed E-state index contributed by atoms with van der Waals surface area (Å²) in [6.07, 6.45) is -4.88. The van der Waals surface area contributed by atoms with E-state index in [1.54, 1.807) is 19.1 Å². The maximum absolute atomic E-state index is 14.9. The monoisotopic (exact) mass is 399 g/mol. The van der Waals surface area contributed by atoms with Gasteiger partial charge in [0.1, 0.15) is 0 Å². The van der Waals surface area contributed by atoms with E-state index in [0.29, 0.717) is 4.68 Å². The fourth-order valence-electron chi connectivity index (χ4n) is 2.52. The Balaban J connectivity index is 2.19. The predicted octanol–water partition coefficient (Wildman–Crippen LogP) is 3.65. The van der Waals surface area contributed by atoms with E-state index in [1.165, 1.54) is 12.1 Å². The van der Waals surface area contributed by atoms with E-state index < -0.39 is 33.4 Å². The molecule has 1 aromatic heterocycles. The Kier molecular flexibility index (Phi) is 4.56. The van der Waals surface area contributed by atoms with Gasteiger partial charge in [-0.05, 0) is 36.8 Å². The Labute approximate surface area is 152 Å². The Morgan fingerprint density at radius 2 is 1.56 bits per heavy atom. The van der Waals surface area contributed by atoms with E-state index in [-0.39, 0.29) is 16.1 Å². The van der Waals surface area contributed by atoms with Crippen LogP contribution in [0.25, 0.3) is 16.8 Å². The Bertz CT molecular complexity index is 1090. The van der Waals surface area contributed by atoms with Crippen LogP contribution < -0.4 is 5.14 Å². The summed E-state index contributed by atoms with van der Waals surface area (Å²) in [5, 5.41) is 8.35. The average Bonchev–Trinajstić information content (AvgIpc) is 2.93. The van der Waals surface area contributed by atoms with Gasteiger partial charge in [0.2, 0.25) is 16.0 Å². The molecule has 0 bridgehead atoms. The summed E-state index contributed by atoms with van der Waals surface area (Å²) >= 11 is 0. The molecule has 10 heteroatoms. The second-order valence-electron chi connectivity index (χ2n) is 5.83. The maximum atomic E-state index is 14.9. The number of alkyl halides is 3. The molecule has 0 aliphatic rings. The molecular formula is C17H13F4N3O2S. The van der Waals surface area contributed by atoms with Gasteiger partial charge < -0.3 is 0 Å². The number of aryl methyl sites for hydroxylation is 1. The number of nitrogens with zero attached hydrogens (tertiary/aromatic N) is 2. The number of aromatic nitrogens is 2. The largest absolute Gasteiger partial charge is 0.435 e. The van der Waals surface area contributed by atoms with E-state index in [4.69, 9.17) is 5.14 Å². The van der Waals surface area contributed by atoms with E-state index >= 15 is 0 Å². The molecular weight excluding hydrogens is 386 g/mol. The van der Waals surface area contributed by atoms with Crippen LogP contribution in [0.4, 0.5) is 17.6 Å². The van der Waals surface area contributed by atoms with Crippen molar-refractivity contribution in [3.63, 3.8) is 0 Å². The zero-order valence-corrected chi connectivity index (χ0v) is 14.6. The molecule has 0 amide bonds. The smallest absolute Gasteiger partial charge is 0.225 e. The molecule has 3 rings (SSSR count). The van der Waals surface area contributed by atoms with Gasteiger partial charge >= 0.3 is 6.18 Å². The lowest BCUT2D eigenvalue weighted by molar-refractivity contribution is -0.140. The number of primary sulfonamides is 1. The number of hydrogen-bond donors (Lipinski definition) is 1. The number of sulfonamides is 1. The van der Waals surface area contributed by atoms with Crippen molar-refractivity contribution in [2.24, 2.45) is 5.14 Å². The third-order valence-corrected chi connectivity index (χ3v) is 4.78. The van der Waals surface area contributed by atoms with Gasteiger partial charge in [0.05, 0.1) is 16.1 Å². The van der Waals surface area contributed by atoms with Gasteiger partial charge in [0.25, 0.3) is 0 Å². The molecule has 0 unspecified atom stereocenters. The molecule has 2 N–H and O–H groups in total. The number of nitrogens with two attached hydrogens (primary N) is 1. The number of halogens is 4. The van der Waals surface area contributed by atoms with E-state index in [0.717, 1.165) is 29.8 Å². The van der Waals surface area contributed by atoms with Crippen molar-refractivity contribution in [1.29, 1.82) is 0 Å². The molecule has 0 atom stereocenters. The van der Waals surface area contributed by atoms with Gasteiger partial charge in [0.15, 0.2) is 5.69 Å². The van der Waals surface area contributed by atoms with Crippen LogP contribution in [-0.2, 0) is 16.2 Å². The molecule has 0 spiro atoms. The third kappa shape index (κ3) is 3.71. The van der Waals surface area contributed by atoms with Crippen LogP contribution >= 0.6 is 0 Å². The highest BCUT2D eigenvalue weighted by atomic mass is 32.2. The van der Waals surface area contributed by atoms with Gasteiger partial charge in [-0.25, -0.2) is 18.2 Å². The standard InChI is InChI=1S/C17H13F4N3O2S/c1-10-2-4-11(5-3-10)14-15(17(19,20)21)23-24(16(14)18)12-6-8-13(9-7-12)27(22,25)26/h2-9H,1H3,(H2,22,25,26). The van der Waals surface area contributed by atoms with Crippen LogP contribution in [0, 0.1) is 12.9 Å². The van der Waals surface area contributed by atoms with Crippen molar-refractivity contribution >= 4 is 10.0 Å². The summed E-state index contributed by atoms with van der Waals surface area (Å²) < 4.78 is 78.1. The Morgan fingerprint density at radius 3 is 2.04 bits per heavy atom. The molecule has 0 radical (unpaired) electrons. The quantitative estimate of drug-likeness (QED) is 0.683. The minimum Gasteiger partial charge on any atom is -0.225 e. The summed E-state index contributed by atoms with van der Waals surface area (Å²) in [6, 6.07) is 10.2. The lowest BCUT2D eigenvalue weighted by Gasteiger charge is -2.06. The van der Waals surface area contributed by atoms with E-state index in [9.17, 15) is 26.0 Å². The van der Waals surface area contributed by atoms with Gasteiger partial charge in [-0.1, -0.05) is 29.8 Å². The molecule has 3 aromatic rings. The molecule has 142 valence electrons. The molecule has 5 nitrogen and oxygen atoms in total. The second-order valence-corrected chi connectivity index (χ2v) is 7.39. The normalized spacial score (nSPS) is 12.4. The first-order chi connectivity index (χ1) is 12.5. The van der Waals surface area contributed by atoms with Crippen LogP contribution in [0.2, 0.25) is 0 Å². The van der Waals surface area contributed by atoms with Gasteiger partial charge in [-0.15, -0.1) is 0 Å². The first kappa shape index (κ1) is 19.1. The average molecular weight is 399 g/mol. The Hall–Kier alpha value is -2.72. The molecule has 0 aliphatic heterocycles. The molecule has 1 heterocycles. The highest BCUT2D eigenvalue weighted by Gasteiger charge is 2.40. The van der Waals surface area contributed by atoms with Crippen LogP contribution in [-0.4, -0.2) is 18.2 Å². The second kappa shape index (κ2) is 6.46. The molecule has 0 fully saturated rings. The predicted molar refractivity (Wildman–Crippen MR) is 90.1 cm³/mol. The summed E-state index contributed by atoms with van der Waals surface area (Å²) in [7, 11) is -3.99. The van der Waals surface area contributed by atoms with Crippen LogP contribution in [0.3, 0.4) is 0 Å². The summed E-state index contributed by atoms with van der Waals surface area (Å²) in [6.45, 7) is 1.75. The molecule has 27 heavy (non-hydrogen) atoms. The first-order valence-electron chi connectivity index (χ1n) is 7.54. The van der Waals surface area contributed by atoms with Crippen LogP contribution in [0.15, 0.2) is 53.4 Å². The van der Waals surface area contributed by atoms with Crippen molar-refractivity contribution in [3.05, 3.63) is 65.7 Å². The lowest BCUT2D eigenvalue weighted by Crippen LogP contribution is -2.12. The van der Waals surface area contributed by atoms with Crippen molar-refractivity contribution in [2.75, 3.05) is 0 Å². The first-order valence-corrected chi connectivity index (χ1v) is 9.09. The zero-order valence-electron chi connectivity index (χ0n) is 13.8. The zero-order chi connectivity index (χ0) is 20.0. The highest BCUT2D eigenvalue weighted by molar-refractivity contribution is 7.89. The summed E-state index contributed by atoms with van der Waals surface area (Å²) in [5.41, 5.74) is -1.31. The molecule has 0 saturated heterocycles.